The lowest BCUT2D eigenvalue weighted by molar-refractivity contribution is -0.147. The van der Waals surface area contributed by atoms with E-state index >= 15 is 0 Å². The Morgan fingerprint density at radius 1 is 1.12 bits per heavy atom. The van der Waals surface area contributed by atoms with E-state index in [-0.39, 0.29) is 0 Å². The number of esters is 1. The van der Waals surface area contributed by atoms with Gasteiger partial charge < -0.3 is 14.2 Å². The zero-order valence-electron chi connectivity index (χ0n) is 13.6. The van der Waals surface area contributed by atoms with Crippen LogP contribution >= 0.6 is 11.6 Å². The minimum atomic E-state index is -0.720. The topological polar surface area (TPSA) is 70.5 Å². The number of ether oxygens (including phenoxy) is 3. The van der Waals surface area contributed by atoms with E-state index in [1.807, 2.05) is 0 Å². The third-order valence-corrected chi connectivity index (χ3v) is 3.59. The Balaban J connectivity index is 1.79. The van der Waals surface area contributed by atoms with Crippen LogP contribution in [-0.2, 0) is 9.53 Å². The molecule has 2 aromatic carbocycles. The molecule has 1 aromatic heterocycles. The van der Waals surface area contributed by atoms with Gasteiger partial charge >= 0.3 is 5.97 Å². The molecule has 0 N–H and O–H groups in total. The van der Waals surface area contributed by atoms with Gasteiger partial charge in [-0.05, 0) is 37.3 Å². The zero-order chi connectivity index (χ0) is 17.8. The SMILES string of the molecule is COC(=O)C(C)Oc1cccc(Oc2cnc3ccc(Cl)cc3n2)c1. The summed E-state index contributed by atoms with van der Waals surface area (Å²) in [6, 6.07) is 12.1. The average Bonchev–Trinajstić information content (AvgIpc) is 2.61. The largest absolute Gasteiger partial charge is 0.479 e. The molecule has 1 unspecified atom stereocenters. The monoisotopic (exact) mass is 358 g/mol. The molecule has 6 nitrogen and oxygen atoms in total. The highest BCUT2D eigenvalue weighted by atomic mass is 35.5. The van der Waals surface area contributed by atoms with Crippen LogP contribution in [0.4, 0.5) is 0 Å². The summed E-state index contributed by atoms with van der Waals surface area (Å²) in [5.41, 5.74) is 1.36. The Morgan fingerprint density at radius 3 is 2.72 bits per heavy atom. The molecular weight excluding hydrogens is 344 g/mol. The Kier molecular flexibility index (Phi) is 5.00. The lowest BCUT2D eigenvalue weighted by atomic mass is 10.3. The number of methoxy groups -OCH3 is 1. The Labute approximate surface area is 149 Å². The van der Waals surface area contributed by atoms with Crippen molar-refractivity contribution in [3.05, 3.63) is 53.7 Å². The smallest absolute Gasteiger partial charge is 0.346 e. The van der Waals surface area contributed by atoms with Crippen molar-refractivity contribution in [1.29, 1.82) is 0 Å². The van der Waals surface area contributed by atoms with Crippen molar-refractivity contribution in [2.75, 3.05) is 7.11 Å². The zero-order valence-corrected chi connectivity index (χ0v) is 14.4. The molecule has 128 valence electrons. The van der Waals surface area contributed by atoms with Gasteiger partial charge in [-0.15, -0.1) is 0 Å². The first-order valence-corrected chi connectivity index (χ1v) is 7.87. The fraction of sp³-hybridized carbons (Fsp3) is 0.167. The van der Waals surface area contributed by atoms with Gasteiger partial charge in [-0.25, -0.2) is 14.8 Å². The van der Waals surface area contributed by atoms with Crippen LogP contribution in [0.5, 0.6) is 17.4 Å². The second-order valence-electron chi connectivity index (χ2n) is 5.20. The number of rotatable bonds is 5. The van der Waals surface area contributed by atoms with E-state index in [2.05, 4.69) is 14.7 Å². The van der Waals surface area contributed by atoms with E-state index in [0.29, 0.717) is 27.9 Å². The molecule has 0 fully saturated rings. The molecule has 0 aliphatic heterocycles. The first kappa shape index (κ1) is 17.0. The molecule has 0 saturated carbocycles. The summed E-state index contributed by atoms with van der Waals surface area (Å²) in [5, 5.41) is 0.575. The molecule has 0 aliphatic carbocycles. The standard InChI is InChI=1S/C18H15ClN2O4/c1-11(18(22)23-2)24-13-4-3-5-14(9-13)25-17-10-20-15-7-6-12(19)8-16(15)21-17/h3-11H,1-2H3. The fourth-order valence-corrected chi connectivity index (χ4v) is 2.33. The third-order valence-electron chi connectivity index (χ3n) is 3.36. The van der Waals surface area contributed by atoms with Crippen molar-refractivity contribution in [3.63, 3.8) is 0 Å². The summed E-state index contributed by atoms with van der Waals surface area (Å²) in [5.74, 6) is 0.856. The molecule has 0 aliphatic rings. The van der Waals surface area contributed by atoms with Gasteiger partial charge in [0, 0.05) is 11.1 Å². The van der Waals surface area contributed by atoms with Gasteiger partial charge in [-0.1, -0.05) is 17.7 Å². The highest BCUT2D eigenvalue weighted by Gasteiger charge is 2.15. The maximum atomic E-state index is 11.4. The number of halogens is 1. The molecule has 0 bridgehead atoms. The number of aromatic nitrogens is 2. The molecule has 25 heavy (non-hydrogen) atoms. The highest BCUT2D eigenvalue weighted by molar-refractivity contribution is 6.31. The highest BCUT2D eigenvalue weighted by Crippen LogP contribution is 2.26. The van der Waals surface area contributed by atoms with Crippen LogP contribution in [0, 0.1) is 0 Å². The number of benzene rings is 2. The molecule has 7 heteroatoms. The molecule has 3 rings (SSSR count). The summed E-state index contributed by atoms with van der Waals surface area (Å²) in [6.45, 7) is 1.61. The van der Waals surface area contributed by atoms with E-state index in [9.17, 15) is 4.79 Å². The van der Waals surface area contributed by atoms with Crippen molar-refractivity contribution >= 4 is 28.6 Å². The van der Waals surface area contributed by atoms with Gasteiger partial charge in [0.15, 0.2) is 6.10 Å². The van der Waals surface area contributed by atoms with E-state index in [1.54, 1.807) is 49.4 Å². The second kappa shape index (κ2) is 7.36. The van der Waals surface area contributed by atoms with Crippen LogP contribution in [-0.4, -0.2) is 29.2 Å². The first-order valence-electron chi connectivity index (χ1n) is 7.50. The van der Waals surface area contributed by atoms with Gasteiger partial charge in [0.25, 0.3) is 0 Å². The normalized spacial score (nSPS) is 11.8. The Morgan fingerprint density at radius 2 is 1.92 bits per heavy atom. The molecule has 3 aromatic rings. The molecular formula is C18H15ClN2O4. The molecule has 0 spiro atoms. The van der Waals surface area contributed by atoms with Crippen LogP contribution in [0.2, 0.25) is 5.02 Å². The van der Waals surface area contributed by atoms with Crippen LogP contribution in [0.1, 0.15) is 6.92 Å². The summed E-state index contributed by atoms with van der Waals surface area (Å²) in [6.07, 6.45) is 0.809. The predicted molar refractivity (Wildman–Crippen MR) is 93.2 cm³/mol. The van der Waals surface area contributed by atoms with E-state index in [0.717, 1.165) is 5.52 Å². The van der Waals surface area contributed by atoms with Gasteiger partial charge in [0.2, 0.25) is 5.88 Å². The summed E-state index contributed by atoms with van der Waals surface area (Å²) in [7, 11) is 1.31. The number of nitrogens with zero attached hydrogens (tertiary/aromatic N) is 2. The van der Waals surface area contributed by atoms with Crippen molar-refractivity contribution in [3.8, 4) is 17.4 Å². The van der Waals surface area contributed by atoms with Crippen LogP contribution in [0.25, 0.3) is 11.0 Å². The molecule has 1 atom stereocenters. The van der Waals surface area contributed by atoms with Gasteiger partial charge in [0.05, 0.1) is 24.3 Å². The molecule has 0 radical (unpaired) electrons. The molecule has 0 saturated heterocycles. The van der Waals surface area contributed by atoms with Crippen molar-refractivity contribution in [2.24, 2.45) is 0 Å². The van der Waals surface area contributed by atoms with Crippen LogP contribution < -0.4 is 9.47 Å². The number of fused-ring (bicyclic) bond motifs is 1. The summed E-state index contributed by atoms with van der Waals surface area (Å²) in [4.78, 5) is 20.1. The quantitative estimate of drug-likeness (QED) is 0.642. The molecule has 1 heterocycles. The maximum Gasteiger partial charge on any atom is 0.346 e. The van der Waals surface area contributed by atoms with E-state index < -0.39 is 12.1 Å². The van der Waals surface area contributed by atoms with Gasteiger partial charge in [0.1, 0.15) is 11.5 Å². The minimum Gasteiger partial charge on any atom is -0.479 e. The summed E-state index contributed by atoms with van der Waals surface area (Å²) < 4.78 is 15.9. The lowest BCUT2D eigenvalue weighted by Crippen LogP contribution is -2.24. The Hall–Kier alpha value is -2.86. The lowest BCUT2D eigenvalue weighted by Gasteiger charge is -2.13. The number of carbonyl (C=O) groups excluding carboxylic acids is 1. The number of carbonyl (C=O) groups is 1. The third kappa shape index (κ3) is 4.16. The fourth-order valence-electron chi connectivity index (χ4n) is 2.17. The van der Waals surface area contributed by atoms with Crippen molar-refractivity contribution < 1.29 is 19.0 Å². The van der Waals surface area contributed by atoms with E-state index in [1.165, 1.54) is 13.3 Å². The van der Waals surface area contributed by atoms with Gasteiger partial charge in [-0.2, -0.15) is 0 Å². The summed E-state index contributed by atoms with van der Waals surface area (Å²) >= 11 is 5.98. The Bertz CT molecular complexity index is 916. The van der Waals surface area contributed by atoms with Crippen LogP contribution in [0.15, 0.2) is 48.7 Å². The maximum absolute atomic E-state index is 11.4. The first-order chi connectivity index (χ1) is 12.0. The van der Waals surface area contributed by atoms with Crippen molar-refractivity contribution in [2.45, 2.75) is 13.0 Å². The van der Waals surface area contributed by atoms with Gasteiger partial charge in [-0.3, -0.25) is 0 Å². The predicted octanol–water partition coefficient (Wildman–Crippen LogP) is 4.02. The molecule has 0 amide bonds. The van der Waals surface area contributed by atoms with Crippen LogP contribution in [0.3, 0.4) is 0 Å². The minimum absolute atomic E-state index is 0.327. The second-order valence-corrected chi connectivity index (χ2v) is 5.64. The van der Waals surface area contributed by atoms with E-state index in [4.69, 9.17) is 21.1 Å². The average molecular weight is 359 g/mol. The van der Waals surface area contributed by atoms with Crippen molar-refractivity contribution in [1.82, 2.24) is 9.97 Å². The number of hydrogen-bond donors (Lipinski definition) is 0. The number of hydrogen-bond acceptors (Lipinski definition) is 6.